The molecular formula is C34H35NO. The first-order valence-corrected chi connectivity index (χ1v) is 12.6. The van der Waals surface area contributed by atoms with Gasteiger partial charge < -0.3 is 4.42 Å². The van der Waals surface area contributed by atoms with Crippen molar-refractivity contribution in [2.75, 3.05) is 0 Å². The lowest BCUT2D eigenvalue weighted by atomic mass is 9.71. The predicted molar refractivity (Wildman–Crippen MR) is 151 cm³/mol. The first kappa shape index (κ1) is 15.7. The summed E-state index contributed by atoms with van der Waals surface area (Å²) in [5, 5.41) is 1.86. The van der Waals surface area contributed by atoms with E-state index in [9.17, 15) is 1.37 Å². The minimum Gasteiger partial charge on any atom is -0.455 e. The van der Waals surface area contributed by atoms with Crippen molar-refractivity contribution in [3.05, 3.63) is 101 Å². The Balaban J connectivity index is 1.48. The highest BCUT2D eigenvalue weighted by molar-refractivity contribution is 6.09. The third-order valence-electron chi connectivity index (χ3n) is 7.68. The molecule has 2 heteroatoms. The number of aryl methyl sites for hydroxylation is 2. The Labute approximate surface area is 225 Å². The number of benzene rings is 3. The van der Waals surface area contributed by atoms with E-state index in [0.717, 1.165) is 29.2 Å². The molecule has 0 amide bonds. The Morgan fingerprint density at radius 2 is 1.78 bits per heavy atom. The van der Waals surface area contributed by atoms with E-state index < -0.39 is 19.6 Å². The molecule has 0 saturated heterocycles. The molecule has 182 valence electrons. The maximum Gasteiger partial charge on any atom is 0.144 e. The second-order valence-corrected chi connectivity index (χ2v) is 10.7. The summed E-state index contributed by atoms with van der Waals surface area (Å²) in [6.07, 6.45) is 4.11. The molecule has 6 rings (SSSR count). The van der Waals surface area contributed by atoms with Gasteiger partial charge in [0.05, 0.1) is 7.06 Å². The van der Waals surface area contributed by atoms with Gasteiger partial charge in [-0.2, -0.15) is 0 Å². The number of fused-ring (bicyclic) bond motifs is 3. The molecule has 2 heterocycles. The molecular weight excluding hydrogens is 438 g/mol. The summed E-state index contributed by atoms with van der Waals surface area (Å²) in [6.45, 7) is -0.699. The zero-order valence-corrected chi connectivity index (χ0v) is 20.7. The molecule has 2 nitrogen and oxygen atoms in total. The lowest BCUT2D eigenvalue weighted by Crippen LogP contribution is -2.20. The molecule has 0 radical (unpaired) electrons. The van der Waals surface area contributed by atoms with E-state index in [0.29, 0.717) is 40.8 Å². The van der Waals surface area contributed by atoms with Gasteiger partial charge in [-0.05, 0) is 103 Å². The summed E-state index contributed by atoms with van der Waals surface area (Å²) in [5.41, 5.74) is 3.79. The fraction of sp³-hybridized carbons (Fsp3) is 0.324. The standard InChI is InChI=1S/C34H35NO/c1-22-18-26(24-14-16-34(3,4)17-15-24)13-12-25(22)19-27-20-31(35-21-23(27)2)30-10-7-9-29-28-8-5-6-11-32(28)36-33(29)30/h5-13,18,20-21,24H,14-17,19H2,1-4H3/i1D3,2D3,12D,24D. The Bertz CT molecular complexity index is 1870. The number of nitrogens with zero attached hydrogens (tertiary/aromatic N) is 1. The summed E-state index contributed by atoms with van der Waals surface area (Å²) in [6, 6.07) is 18.3. The molecule has 0 atom stereocenters. The van der Waals surface area contributed by atoms with Crippen LogP contribution in [0.15, 0.2) is 77.3 Å². The van der Waals surface area contributed by atoms with Crippen LogP contribution in [-0.4, -0.2) is 4.98 Å². The van der Waals surface area contributed by atoms with E-state index in [1.54, 1.807) is 18.2 Å². The third kappa shape index (κ3) is 4.23. The Morgan fingerprint density at radius 1 is 0.972 bits per heavy atom. The van der Waals surface area contributed by atoms with Crippen LogP contribution in [0.3, 0.4) is 0 Å². The SMILES string of the molecule is [2H]c1cc(C2([2H])CCC(C)(C)CC2)cc(C([2H])([2H])[2H])c1Cc1cc(-c2cccc3c2oc2ccccc23)ncc1C([2H])([2H])[2H]. The minimum atomic E-state index is -2.55. The lowest BCUT2D eigenvalue weighted by Gasteiger charge is -2.34. The number of hydrogen-bond donors (Lipinski definition) is 0. The van der Waals surface area contributed by atoms with Gasteiger partial charge in [0.25, 0.3) is 0 Å². The maximum atomic E-state index is 9.21. The molecule has 0 aliphatic heterocycles. The van der Waals surface area contributed by atoms with E-state index in [1.807, 2.05) is 42.5 Å². The molecule has 36 heavy (non-hydrogen) atoms. The fourth-order valence-corrected chi connectivity index (χ4v) is 5.32. The van der Waals surface area contributed by atoms with Crippen molar-refractivity contribution >= 4 is 21.9 Å². The highest BCUT2D eigenvalue weighted by atomic mass is 16.3. The van der Waals surface area contributed by atoms with Crippen molar-refractivity contribution in [3.8, 4) is 11.3 Å². The highest BCUT2D eigenvalue weighted by Crippen LogP contribution is 2.43. The number of para-hydroxylation sites is 2. The first-order valence-electron chi connectivity index (χ1n) is 16.6. The molecule has 2 aromatic heterocycles. The average Bonchev–Trinajstić information content (AvgIpc) is 3.33. The van der Waals surface area contributed by atoms with Crippen LogP contribution < -0.4 is 0 Å². The highest BCUT2D eigenvalue weighted by Gasteiger charge is 2.27. The van der Waals surface area contributed by atoms with Crippen molar-refractivity contribution in [2.45, 2.75) is 65.5 Å². The molecule has 1 saturated carbocycles. The topological polar surface area (TPSA) is 26.0 Å². The molecule has 0 spiro atoms. The number of pyridine rings is 1. The van der Waals surface area contributed by atoms with E-state index >= 15 is 0 Å². The van der Waals surface area contributed by atoms with E-state index in [2.05, 4.69) is 18.8 Å². The van der Waals surface area contributed by atoms with Crippen LogP contribution in [0.1, 0.15) is 84.2 Å². The number of aromatic nitrogens is 1. The van der Waals surface area contributed by atoms with Gasteiger partial charge in [-0.1, -0.05) is 62.4 Å². The second-order valence-electron chi connectivity index (χ2n) is 10.7. The van der Waals surface area contributed by atoms with E-state index in [1.165, 1.54) is 6.20 Å². The zero-order valence-electron chi connectivity index (χ0n) is 28.7. The maximum absolute atomic E-state index is 9.21. The van der Waals surface area contributed by atoms with Crippen LogP contribution in [0.5, 0.6) is 0 Å². The molecule has 3 aromatic carbocycles. The molecule has 1 fully saturated rings. The van der Waals surface area contributed by atoms with Crippen LogP contribution in [-0.2, 0) is 6.42 Å². The summed E-state index contributed by atoms with van der Waals surface area (Å²) in [7, 11) is 0. The van der Waals surface area contributed by atoms with Gasteiger partial charge >= 0.3 is 0 Å². The number of furan rings is 1. The minimum absolute atomic E-state index is 0.000626. The van der Waals surface area contributed by atoms with Crippen LogP contribution in [0.4, 0.5) is 0 Å². The fourth-order valence-electron chi connectivity index (χ4n) is 5.32. The molecule has 5 aromatic rings. The Hall–Kier alpha value is -3.39. The number of hydrogen-bond acceptors (Lipinski definition) is 2. The van der Waals surface area contributed by atoms with Crippen LogP contribution in [0.25, 0.3) is 33.2 Å². The summed E-state index contributed by atoms with van der Waals surface area (Å²) in [4.78, 5) is 4.52. The second kappa shape index (κ2) is 8.92. The predicted octanol–water partition coefficient (Wildman–Crippen LogP) is 9.54. The third-order valence-corrected chi connectivity index (χ3v) is 7.68. The van der Waals surface area contributed by atoms with Crippen molar-refractivity contribution in [3.63, 3.8) is 0 Å². The van der Waals surface area contributed by atoms with Gasteiger partial charge in [0.2, 0.25) is 0 Å². The van der Waals surface area contributed by atoms with Gasteiger partial charge in [-0.25, -0.2) is 0 Å². The largest absolute Gasteiger partial charge is 0.455 e. The van der Waals surface area contributed by atoms with Gasteiger partial charge in [-0.3, -0.25) is 4.98 Å². The summed E-state index contributed by atoms with van der Waals surface area (Å²) >= 11 is 0. The Kier molecular flexibility index (Phi) is 3.88. The van der Waals surface area contributed by atoms with Crippen LogP contribution >= 0.6 is 0 Å². The quantitative estimate of drug-likeness (QED) is 0.255. The normalized spacial score (nSPS) is 20.9. The van der Waals surface area contributed by atoms with Crippen molar-refractivity contribution in [2.24, 2.45) is 5.41 Å². The van der Waals surface area contributed by atoms with Gasteiger partial charge in [-0.15, -0.1) is 0 Å². The van der Waals surface area contributed by atoms with Crippen molar-refractivity contribution in [1.82, 2.24) is 4.98 Å². The average molecular weight is 482 g/mol. The Morgan fingerprint density at radius 3 is 2.61 bits per heavy atom. The molecule has 0 unspecified atom stereocenters. The first-order chi connectivity index (χ1) is 20.6. The smallest absolute Gasteiger partial charge is 0.144 e. The number of rotatable bonds is 4. The molecule has 1 aliphatic carbocycles. The lowest BCUT2D eigenvalue weighted by molar-refractivity contribution is 0.224. The molecule has 0 bridgehead atoms. The van der Waals surface area contributed by atoms with E-state index in [-0.39, 0.29) is 34.6 Å². The zero-order chi connectivity index (χ0) is 31.7. The summed E-state index contributed by atoms with van der Waals surface area (Å²) in [5.74, 6) is -0.969. The molecule has 1 aliphatic rings. The van der Waals surface area contributed by atoms with Gasteiger partial charge in [0.15, 0.2) is 0 Å². The van der Waals surface area contributed by atoms with E-state index in [4.69, 9.17) is 14.0 Å². The molecule has 0 N–H and O–H groups in total. The van der Waals surface area contributed by atoms with Gasteiger partial charge in [0.1, 0.15) is 11.2 Å². The van der Waals surface area contributed by atoms with Crippen LogP contribution in [0.2, 0.25) is 0 Å². The van der Waals surface area contributed by atoms with Crippen molar-refractivity contribution in [1.29, 1.82) is 0 Å². The summed E-state index contributed by atoms with van der Waals surface area (Å²) < 4.78 is 74.1. The van der Waals surface area contributed by atoms with Crippen LogP contribution in [0, 0.1) is 19.1 Å². The monoisotopic (exact) mass is 481 g/mol. The van der Waals surface area contributed by atoms with Crippen molar-refractivity contribution < 1.29 is 15.4 Å². The van der Waals surface area contributed by atoms with Gasteiger partial charge in [0, 0.05) is 32.1 Å².